The van der Waals surface area contributed by atoms with E-state index in [9.17, 15) is 4.79 Å². The van der Waals surface area contributed by atoms with Crippen LogP contribution in [0.1, 0.15) is 49.7 Å². The molecule has 0 bridgehead atoms. The molecule has 19 heavy (non-hydrogen) atoms. The smallest absolute Gasteiger partial charge is 0.227 e. The minimum atomic E-state index is -0.555. The number of rotatable bonds is 3. The lowest BCUT2D eigenvalue weighted by Crippen LogP contribution is -2.38. The first-order chi connectivity index (χ1) is 8.66. The summed E-state index contributed by atoms with van der Waals surface area (Å²) in [6, 6.07) is 0. The zero-order chi connectivity index (χ0) is 14.6. The van der Waals surface area contributed by atoms with Crippen LogP contribution >= 0.6 is 0 Å². The van der Waals surface area contributed by atoms with Gasteiger partial charge in [-0.05, 0) is 43.7 Å². The molecule has 0 radical (unpaired) electrons. The Morgan fingerprint density at radius 3 is 2.32 bits per heavy atom. The molecule has 0 aromatic carbocycles. The van der Waals surface area contributed by atoms with Gasteiger partial charge in [-0.2, -0.15) is 0 Å². The third-order valence-corrected chi connectivity index (χ3v) is 4.66. The van der Waals surface area contributed by atoms with Gasteiger partial charge in [0.2, 0.25) is 5.91 Å². The average Bonchev–Trinajstić information content (AvgIpc) is 2.66. The summed E-state index contributed by atoms with van der Waals surface area (Å²) in [5.74, 6) is -0.224. The third kappa shape index (κ3) is 1.67. The Balaban J connectivity index is 2.79. The van der Waals surface area contributed by atoms with Crippen LogP contribution in [-0.4, -0.2) is 10.5 Å². The summed E-state index contributed by atoms with van der Waals surface area (Å²) in [6.45, 7) is 15.2. The van der Waals surface area contributed by atoms with Gasteiger partial charge in [-0.1, -0.05) is 19.9 Å². The summed E-state index contributed by atoms with van der Waals surface area (Å²) in [7, 11) is 0. The van der Waals surface area contributed by atoms with Crippen LogP contribution in [0.3, 0.4) is 0 Å². The largest absolute Gasteiger partial charge is 0.369 e. The van der Waals surface area contributed by atoms with Gasteiger partial charge < -0.3 is 10.3 Å². The van der Waals surface area contributed by atoms with Crippen LogP contribution in [0.15, 0.2) is 12.7 Å². The van der Waals surface area contributed by atoms with Gasteiger partial charge in [0, 0.05) is 17.9 Å². The Kier molecular flexibility index (Phi) is 2.92. The molecule has 1 amide bonds. The molecular weight excluding hydrogens is 236 g/mol. The molecule has 1 aliphatic carbocycles. The van der Waals surface area contributed by atoms with Gasteiger partial charge in [0.25, 0.3) is 0 Å². The average molecular weight is 260 g/mol. The second-order valence-electron chi connectivity index (χ2n) is 6.58. The van der Waals surface area contributed by atoms with Crippen LogP contribution in [-0.2, 0) is 22.2 Å². The van der Waals surface area contributed by atoms with E-state index in [1.807, 2.05) is 13.0 Å². The Hall–Kier alpha value is -1.51. The molecule has 104 valence electrons. The molecule has 0 aliphatic heterocycles. The number of hydrogen-bond acceptors (Lipinski definition) is 1. The molecule has 1 heterocycles. The maximum absolute atomic E-state index is 12.0. The highest BCUT2D eigenvalue weighted by molar-refractivity contribution is 5.89. The zero-order valence-electron chi connectivity index (χ0n) is 12.6. The predicted molar refractivity (Wildman–Crippen MR) is 78.3 cm³/mol. The second-order valence-corrected chi connectivity index (χ2v) is 6.58. The van der Waals surface area contributed by atoms with Gasteiger partial charge in [0.05, 0.1) is 5.41 Å². The van der Waals surface area contributed by atoms with E-state index in [2.05, 4.69) is 38.8 Å². The van der Waals surface area contributed by atoms with E-state index in [4.69, 9.17) is 5.73 Å². The normalized spacial score (nSPS) is 24.3. The van der Waals surface area contributed by atoms with Crippen molar-refractivity contribution in [3.05, 3.63) is 35.2 Å². The molecule has 2 rings (SSSR count). The minimum Gasteiger partial charge on any atom is -0.369 e. The van der Waals surface area contributed by atoms with Crippen LogP contribution in [0.25, 0.3) is 0 Å². The van der Waals surface area contributed by atoms with Crippen molar-refractivity contribution in [2.75, 3.05) is 0 Å². The lowest BCUT2D eigenvalue weighted by Gasteiger charge is -2.26. The van der Waals surface area contributed by atoms with E-state index in [1.54, 1.807) is 0 Å². The van der Waals surface area contributed by atoms with E-state index in [-0.39, 0.29) is 11.3 Å². The number of carbonyl (C=O) groups is 1. The highest BCUT2D eigenvalue weighted by atomic mass is 16.1. The first-order valence-electron chi connectivity index (χ1n) is 6.78. The van der Waals surface area contributed by atoms with E-state index in [0.717, 1.165) is 24.2 Å². The number of allylic oxidation sites excluding steroid dienone is 1. The van der Waals surface area contributed by atoms with Crippen molar-refractivity contribution in [3.63, 3.8) is 0 Å². The van der Waals surface area contributed by atoms with Crippen molar-refractivity contribution < 1.29 is 4.79 Å². The SMILES string of the molecule is C=CCn1c(C)c2c(c1C)C(C)(C(N)=O)CC2(C)C. The number of aromatic nitrogens is 1. The molecule has 0 spiro atoms. The fourth-order valence-electron chi connectivity index (χ4n) is 4.06. The lowest BCUT2D eigenvalue weighted by molar-refractivity contribution is -0.123. The summed E-state index contributed by atoms with van der Waals surface area (Å²) < 4.78 is 2.24. The Labute approximate surface area is 115 Å². The Morgan fingerprint density at radius 1 is 1.32 bits per heavy atom. The second kappa shape index (κ2) is 3.99. The van der Waals surface area contributed by atoms with Crippen molar-refractivity contribution in [1.82, 2.24) is 4.57 Å². The van der Waals surface area contributed by atoms with Crippen molar-refractivity contribution >= 4 is 5.91 Å². The zero-order valence-corrected chi connectivity index (χ0v) is 12.6. The molecule has 0 fully saturated rings. The monoisotopic (exact) mass is 260 g/mol. The minimum absolute atomic E-state index is 0.0135. The summed E-state index contributed by atoms with van der Waals surface area (Å²) in [5, 5.41) is 0. The summed E-state index contributed by atoms with van der Waals surface area (Å²) in [4.78, 5) is 12.0. The lowest BCUT2D eigenvalue weighted by atomic mass is 9.79. The van der Waals surface area contributed by atoms with Gasteiger partial charge in [0.1, 0.15) is 0 Å². The number of primary amides is 1. The molecule has 1 unspecified atom stereocenters. The van der Waals surface area contributed by atoms with Gasteiger partial charge in [-0.3, -0.25) is 4.79 Å². The van der Waals surface area contributed by atoms with E-state index >= 15 is 0 Å². The van der Waals surface area contributed by atoms with Crippen molar-refractivity contribution in [3.8, 4) is 0 Å². The first-order valence-corrected chi connectivity index (χ1v) is 6.78. The van der Waals surface area contributed by atoms with Crippen LogP contribution < -0.4 is 5.73 Å². The summed E-state index contributed by atoms with van der Waals surface area (Å²) in [6.07, 6.45) is 2.68. The van der Waals surface area contributed by atoms with Gasteiger partial charge in [0.15, 0.2) is 0 Å². The highest BCUT2D eigenvalue weighted by Crippen LogP contribution is 2.52. The van der Waals surface area contributed by atoms with Crippen LogP contribution in [0, 0.1) is 13.8 Å². The molecule has 1 aliphatic rings. The number of carbonyl (C=O) groups excluding carboxylic acids is 1. The number of nitrogens with zero attached hydrogens (tertiary/aromatic N) is 1. The van der Waals surface area contributed by atoms with Crippen LogP contribution in [0.2, 0.25) is 0 Å². The van der Waals surface area contributed by atoms with Gasteiger partial charge in [-0.25, -0.2) is 0 Å². The third-order valence-electron chi connectivity index (χ3n) is 4.66. The summed E-state index contributed by atoms with van der Waals surface area (Å²) >= 11 is 0. The Morgan fingerprint density at radius 2 is 1.84 bits per heavy atom. The van der Waals surface area contributed by atoms with Crippen LogP contribution in [0.5, 0.6) is 0 Å². The van der Waals surface area contributed by atoms with Gasteiger partial charge in [-0.15, -0.1) is 6.58 Å². The molecule has 3 nitrogen and oxygen atoms in total. The van der Waals surface area contributed by atoms with Crippen LogP contribution in [0.4, 0.5) is 0 Å². The quantitative estimate of drug-likeness (QED) is 0.835. The van der Waals surface area contributed by atoms with E-state index in [0.29, 0.717) is 0 Å². The number of hydrogen-bond donors (Lipinski definition) is 1. The molecule has 1 atom stereocenters. The topological polar surface area (TPSA) is 48.0 Å². The first kappa shape index (κ1) is 13.9. The van der Waals surface area contributed by atoms with Crippen molar-refractivity contribution in [2.24, 2.45) is 5.73 Å². The number of fused-ring (bicyclic) bond motifs is 1. The molecule has 3 heteroatoms. The molecule has 1 aromatic heterocycles. The van der Waals surface area contributed by atoms with Crippen molar-refractivity contribution in [1.29, 1.82) is 0 Å². The molecule has 2 N–H and O–H groups in total. The highest BCUT2D eigenvalue weighted by Gasteiger charge is 2.51. The fraction of sp³-hybridized carbons (Fsp3) is 0.562. The molecular formula is C16H24N2O. The summed E-state index contributed by atoms with van der Waals surface area (Å²) in [5.41, 5.74) is 9.97. The number of amides is 1. The van der Waals surface area contributed by atoms with E-state index < -0.39 is 5.41 Å². The standard InChI is InChI=1S/C16H24N2O/c1-7-8-18-10(2)12-13(11(18)3)16(6,14(17)19)9-15(12,4)5/h7H,1,8-9H2,2-6H3,(H2,17,19). The number of nitrogens with two attached hydrogens (primary N) is 1. The van der Waals surface area contributed by atoms with Crippen molar-refractivity contribution in [2.45, 2.75) is 58.4 Å². The molecule has 0 saturated carbocycles. The maximum Gasteiger partial charge on any atom is 0.227 e. The predicted octanol–water partition coefficient (Wildman–Crippen LogP) is 2.72. The van der Waals surface area contributed by atoms with Gasteiger partial charge >= 0.3 is 0 Å². The molecule has 0 saturated heterocycles. The fourth-order valence-corrected chi connectivity index (χ4v) is 4.06. The molecule has 1 aromatic rings. The maximum atomic E-state index is 12.0. The Bertz CT molecular complexity index is 566. The van der Waals surface area contributed by atoms with E-state index in [1.165, 1.54) is 11.3 Å².